The normalized spacial score (nSPS) is 14.8. The highest BCUT2D eigenvalue weighted by Gasteiger charge is 2.22. The average Bonchev–Trinajstić information content (AvgIpc) is 2.81. The van der Waals surface area contributed by atoms with Crippen LogP contribution >= 0.6 is 0 Å². The average molecular weight is 448 g/mol. The van der Waals surface area contributed by atoms with Crippen LogP contribution in [0.25, 0.3) is 0 Å². The van der Waals surface area contributed by atoms with E-state index in [-0.39, 0.29) is 18.1 Å². The van der Waals surface area contributed by atoms with E-state index in [1.807, 2.05) is 19.1 Å². The molecule has 2 aromatic rings. The van der Waals surface area contributed by atoms with Gasteiger partial charge in [0.2, 0.25) is 5.95 Å². The Bertz CT molecular complexity index is 823. The lowest BCUT2D eigenvalue weighted by Crippen LogP contribution is -2.39. The van der Waals surface area contributed by atoms with Gasteiger partial charge in [0.05, 0.1) is 27.4 Å². The second kappa shape index (κ2) is 12.3. The topological polar surface area (TPSA) is 100 Å². The molecule has 0 spiro atoms. The van der Waals surface area contributed by atoms with E-state index in [4.69, 9.17) is 23.7 Å². The number of hydrogen-bond acceptors (Lipinski definition) is 10. The van der Waals surface area contributed by atoms with Crippen LogP contribution in [0.15, 0.2) is 18.2 Å². The lowest BCUT2D eigenvalue weighted by molar-refractivity contribution is 0.144. The largest absolute Gasteiger partial charge is 0.494 e. The number of benzene rings is 1. The third kappa shape index (κ3) is 6.83. The minimum Gasteiger partial charge on any atom is -0.494 e. The summed E-state index contributed by atoms with van der Waals surface area (Å²) in [5, 5.41) is 3.38. The second-order valence-electron chi connectivity index (χ2n) is 7.37. The number of nitrogens with zero attached hydrogens (tertiary/aromatic N) is 4. The van der Waals surface area contributed by atoms with Crippen molar-refractivity contribution >= 4 is 5.95 Å². The fourth-order valence-electron chi connectivity index (χ4n) is 3.56. The molecule has 0 atom stereocenters. The molecular formula is C22H33N5O5. The molecule has 1 saturated heterocycles. The Morgan fingerprint density at radius 1 is 0.969 bits per heavy atom. The number of piperidine rings is 1. The van der Waals surface area contributed by atoms with Crippen molar-refractivity contribution in [2.75, 3.05) is 59.6 Å². The fourth-order valence-corrected chi connectivity index (χ4v) is 3.56. The molecule has 0 aliphatic carbocycles. The van der Waals surface area contributed by atoms with Gasteiger partial charge in [-0.25, -0.2) is 0 Å². The zero-order chi connectivity index (χ0) is 22.8. The van der Waals surface area contributed by atoms with Gasteiger partial charge in [0.1, 0.15) is 18.1 Å². The molecule has 10 heteroatoms. The van der Waals surface area contributed by atoms with E-state index < -0.39 is 0 Å². The molecule has 1 N–H and O–H groups in total. The van der Waals surface area contributed by atoms with Gasteiger partial charge >= 0.3 is 12.0 Å². The summed E-state index contributed by atoms with van der Waals surface area (Å²) in [5.41, 5.74) is 1.12. The molecule has 1 aliphatic heterocycles. The number of ether oxygens (including phenoxy) is 5. The third-order valence-electron chi connectivity index (χ3n) is 5.16. The molecule has 10 nitrogen and oxygen atoms in total. The Morgan fingerprint density at radius 2 is 1.69 bits per heavy atom. The molecule has 0 amide bonds. The van der Waals surface area contributed by atoms with Crippen molar-refractivity contribution < 1.29 is 23.7 Å². The van der Waals surface area contributed by atoms with Gasteiger partial charge in [-0.1, -0.05) is 0 Å². The Balaban J connectivity index is 1.59. The molecule has 1 aliphatic rings. The Labute approximate surface area is 189 Å². The summed E-state index contributed by atoms with van der Waals surface area (Å²) in [6, 6.07) is 6.71. The third-order valence-corrected chi connectivity index (χ3v) is 5.16. The maximum absolute atomic E-state index is 5.93. The SMILES string of the molecule is CCOc1ccc(OCCOC)c(CN2CCC(Nc3nc(OC)nc(OC)n3)CC2)c1. The predicted molar refractivity (Wildman–Crippen MR) is 120 cm³/mol. The van der Waals surface area contributed by atoms with E-state index in [2.05, 4.69) is 31.2 Å². The van der Waals surface area contributed by atoms with Crippen LogP contribution < -0.4 is 24.3 Å². The molecule has 0 radical (unpaired) electrons. The van der Waals surface area contributed by atoms with Gasteiger partial charge in [-0.2, -0.15) is 9.97 Å². The number of aromatic nitrogens is 3. The quantitative estimate of drug-likeness (QED) is 0.488. The van der Waals surface area contributed by atoms with Crippen molar-refractivity contribution in [2.45, 2.75) is 32.4 Å². The highest BCUT2D eigenvalue weighted by atomic mass is 16.5. The summed E-state index contributed by atoms with van der Waals surface area (Å²) >= 11 is 0. The number of anilines is 1. The lowest BCUT2D eigenvalue weighted by Gasteiger charge is -2.32. The van der Waals surface area contributed by atoms with Crippen molar-refractivity contribution in [1.82, 2.24) is 19.9 Å². The first-order valence-corrected chi connectivity index (χ1v) is 10.9. The first-order valence-electron chi connectivity index (χ1n) is 10.9. The van der Waals surface area contributed by atoms with Crippen LogP contribution in [-0.4, -0.2) is 80.1 Å². The zero-order valence-corrected chi connectivity index (χ0v) is 19.3. The number of hydrogen-bond donors (Lipinski definition) is 1. The van der Waals surface area contributed by atoms with Gasteiger partial charge in [0, 0.05) is 38.3 Å². The van der Waals surface area contributed by atoms with Crippen LogP contribution in [0.1, 0.15) is 25.3 Å². The van der Waals surface area contributed by atoms with Crippen molar-refractivity contribution in [2.24, 2.45) is 0 Å². The highest BCUT2D eigenvalue weighted by molar-refractivity contribution is 5.40. The summed E-state index contributed by atoms with van der Waals surface area (Å²) in [4.78, 5) is 15.0. The molecule has 32 heavy (non-hydrogen) atoms. The minimum atomic E-state index is 0.229. The molecule has 0 unspecified atom stereocenters. The van der Waals surface area contributed by atoms with Crippen molar-refractivity contribution in [3.63, 3.8) is 0 Å². The molecule has 1 fully saturated rings. The Hall–Kier alpha value is -2.85. The van der Waals surface area contributed by atoms with Gasteiger partial charge in [-0.3, -0.25) is 4.90 Å². The van der Waals surface area contributed by atoms with E-state index >= 15 is 0 Å². The van der Waals surface area contributed by atoms with E-state index in [1.54, 1.807) is 7.11 Å². The zero-order valence-electron chi connectivity index (χ0n) is 19.3. The fraction of sp³-hybridized carbons (Fsp3) is 0.591. The van der Waals surface area contributed by atoms with Crippen LogP contribution in [0, 0.1) is 0 Å². The second-order valence-corrected chi connectivity index (χ2v) is 7.37. The van der Waals surface area contributed by atoms with Crippen LogP contribution in [0.5, 0.6) is 23.5 Å². The van der Waals surface area contributed by atoms with Gasteiger partial charge < -0.3 is 29.0 Å². The van der Waals surface area contributed by atoms with E-state index in [0.717, 1.165) is 49.5 Å². The molecular weight excluding hydrogens is 414 g/mol. The first kappa shape index (κ1) is 23.8. The number of likely N-dealkylation sites (tertiary alicyclic amines) is 1. The molecule has 0 bridgehead atoms. The standard InChI is InChI=1S/C22H33N5O5/c1-5-31-18-6-7-19(32-13-12-28-2)16(14-18)15-27-10-8-17(9-11-27)23-20-24-21(29-3)26-22(25-20)30-4/h6-7,14,17H,5,8-13,15H2,1-4H3,(H,23,24,25,26). The summed E-state index contributed by atoms with van der Waals surface area (Å²) < 4.78 is 27.0. The summed E-state index contributed by atoms with van der Waals surface area (Å²) in [6.45, 7) is 6.36. The molecule has 1 aromatic carbocycles. The van der Waals surface area contributed by atoms with Crippen molar-refractivity contribution in [3.8, 4) is 23.5 Å². The van der Waals surface area contributed by atoms with Gasteiger partial charge in [0.15, 0.2) is 0 Å². The monoisotopic (exact) mass is 447 g/mol. The highest BCUT2D eigenvalue weighted by Crippen LogP contribution is 2.27. The minimum absolute atomic E-state index is 0.229. The van der Waals surface area contributed by atoms with Gasteiger partial charge in [-0.15, -0.1) is 4.98 Å². The van der Waals surface area contributed by atoms with Gasteiger partial charge in [-0.05, 0) is 38.0 Å². The van der Waals surface area contributed by atoms with Crippen LogP contribution in [0.2, 0.25) is 0 Å². The number of nitrogens with one attached hydrogen (secondary N) is 1. The van der Waals surface area contributed by atoms with Crippen LogP contribution in [0.3, 0.4) is 0 Å². The predicted octanol–water partition coefficient (Wildman–Crippen LogP) is 2.39. The smallest absolute Gasteiger partial charge is 0.324 e. The van der Waals surface area contributed by atoms with Gasteiger partial charge in [0.25, 0.3) is 0 Å². The summed E-state index contributed by atoms with van der Waals surface area (Å²) in [7, 11) is 4.71. The number of methoxy groups -OCH3 is 3. The van der Waals surface area contributed by atoms with E-state index in [1.165, 1.54) is 14.2 Å². The van der Waals surface area contributed by atoms with Crippen molar-refractivity contribution in [3.05, 3.63) is 23.8 Å². The maximum atomic E-state index is 5.93. The van der Waals surface area contributed by atoms with E-state index in [0.29, 0.717) is 25.8 Å². The summed E-state index contributed by atoms with van der Waals surface area (Å²) in [6.07, 6.45) is 1.92. The molecule has 176 valence electrons. The maximum Gasteiger partial charge on any atom is 0.324 e. The Morgan fingerprint density at radius 3 is 2.31 bits per heavy atom. The first-order chi connectivity index (χ1) is 15.6. The molecule has 3 rings (SSSR count). The van der Waals surface area contributed by atoms with E-state index in [9.17, 15) is 0 Å². The molecule has 1 aromatic heterocycles. The van der Waals surface area contributed by atoms with Crippen LogP contribution in [-0.2, 0) is 11.3 Å². The number of rotatable bonds is 12. The Kier molecular flexibility index (Phi) is 9.12. The lowest BCUT2D eigenvalue weighted by atomic mass is 10.0. The molecule has 2 heterocycles. The molecule has 0 saturated carbocycles. The van der Waals surface area contributed by atoms with Crippen LogP contribution in [0.4, 0.5) is 5.95 Å². The van der Waals surface area contributed by atoms with Crippen molar-refractivity contribution in [1.29, 1.82) is 0 Å². The summed E-state index contributed by atoms with van der Waals surface area (Å²) in [5.74, 6) is 2.19.